The van der Waals surface area contributed by atoms with Crippen molar-refractivity contribution in [1.29, 1.82) is 0 Å². The maximum atomic E-state index is 11.5. The third-order valence-corrected chi connectivity index (χ3v) is 5.76. The lowest BCUT2D eigenvalue weighted by Gasteiger charge is -2.23. The summed E-state index contributed by atoms with van der Waals surface area (Å²) >= 11 is 0. The quantitative estimate of drug-likeness (QED) is 0.252. The molecular formula is C24H44N2O2. The van der Waals surface area contributed by atoms with Crippen molar-refractivity contribution in [3.8, 4) is 0 Å². The highest BCUT2D eigenvalue weighted by Gasteiger charge is 2.15. The molecule has 0 aliphatic heterocycles. The molecule has 0 bridgehead atoms. The van der Waals surface area contributed by atoms with E-state index in [9.17, 15) is 9.59 Å². The fourth-order valence-electron chi connectivity index (χ4n) is 3.80. The van der Waals surface area contributed by atoms with Gasteiger partial charge in [-0.2, -0.15) is 0 Å². The minimum absolute atomic E-state index is 0.324. The molecule has 1 N–H and O–H groups in total. The average molecular weight is 393 g/mol. The summed E-state index contributed by atoms with van der Waals surface area (Å²) in [6, 6.07) is 0. The molecular weight excluding hydrogens is 348 g/mol. The minimum atomic E-state index is -0.339. The van der Waals surface area contributed by atoms with Gasteiger partial charge in [0, 0.05) is 12.1 Å². The first-order chi connectivity index (χ1) is 13.6. The van der Waals surface area contributed by atoms with E-state index >= 15 is 0 Å². The number of hydrogen-bond acceptors (Lipinski definition) is 4. The van der Waals surface area contributed by atoms with Gasteiger partial charge >= 0.3 is 0 Å². The Labute approximate surface area is 172 Å². The Kier molecular flexibility index (Phi) is 14.0. The Hall–Kier alpha value is -1.16. The fraction of sp³-hybridized carbons (Fsp3) is 0.833. The van der Waals surface area contributed by atoms with Crippen LogP contribution in [-0.4, -0.2) is 31.1 Å². The Morgan fingerprint density at radius 1 is 0.643 bits per heavy atom. The van der Waals surface area contributed by atoms with Crippen molar-refractivity contribution in [3.05, 3.63) is 26.0 Å². The first-order valence-corrected chi connectivity index (χ1v) is 11.9. The van der Waals surface area contributed by atoms with Crippen molar-refractivity contribution in [3.63, 3.8) is 0 Å². The van der Waals surface area contributed by atoms with Gasteiger partial charge in [0.05, 0.1) is 5.69 Å². The highest BCUT2D eigenvalue weighted by atomic mass is 16.2. The van der Waals surface area contributed by atoms with E-state index in [1.54, 1.807) is 6.92 Å². The van der Waals surface area contributed by atoms with Crippen molar-refractivity contribution in [1.82, 2.24) is 4.90 Å². The molecule has 0 heterocycles. The summed E-state index contributed by atoms with van der Waals surface area (Å²) in [6.07, 6.45) is 17.1. The van der Waals surface area contributed by atoms with E-state index in [4.69, 9.17) is 0 Å². The lowest BCUT2D eigenvalue weighted by molar-refractivity contribution is 0.259. The molecule has 0 aromatic heterocycles. The van der Waals surface area contributed by atoms with Gasteiger partial charge in [0.15, 0.2) is 0 Å². The van der Waals surface area contributed by atoms with Gasteiger partial charge in [-0.3, -0.25) is 9.59 Å². The molecule has 0 saturated heterocycles. The van der Waals surface area contributed by atoms with Gasteiger partial charge in [-0.15, -0.1) is 0 Å². The largest absolute Gasteiger partial charge is 0.381 e. The van der Waals surface area contributed by atoms with Gasteiger partial charge in [-0.05, 0) is 45.8 Å². The molecule has 0 amide bonds. The number of anilines is 1. The van der Waals surface area contributed by atoms with Gasteiger partial charge in [-0.25, -0.2) is 0 Å². The zero-order chi connectivity index (χ0) is 20.6. The molecule has 0 fully saturated rings. The average Bonchev–Trinajstić information content (AvgIpc) is 2.71. The molecule has 4 nitrogen and oxygen atoms in total. The first kappa shape index (κ1) is 24.9. The molecule has 0 aliphatic rings. The molecule has 28 heavy (non-hydrogen) atoms. The zero-order valence-corrected chi connectivity index (χ0v) is 18.8. The Bertz CT molecular complexity index is 559. The number of hydrogen-bond donors (Lipinski definition) is 1. The second kappa shape index (κ2) is 15.7. The predicted molar refractivity (Wildman–Crippen MR) is 122 cm³/mol. The zero-order valence-electron chi connectivity index (χ0n) is 18.8. The molecule has 0 atom stereocenters. The molecule has 1 rings (SSSR count). The molecule has 0 spiro atoms. The van der Waals surface area contributed by atoms with Gasteiger partial charge in [0.25, 0.3) is 0 Å². The highest BCUT2D eigenvalue weighted by Crippen LogP contribution is 2.10. The van der Waals surface area contributed by atoms with E-state index in [0.29, 0.717) is 11.3 Å². The lowest BCUT2D eigenvalue weighted by atomic mass is 10.1. The molecule has 1 aromatic rings. The number of nitrogens with zero attached hydrogens (tertiary/aromatic N) is 1. The third kappa shape index (κ3) is 9.86. The standard InChI is InChI=1S/C24H44N2O2/c1-4-6-8-10-12-14-18-26(19-15-13-11-9-7-5-2)20-16-17-25-22-21(3)23(27)24(22)28/h25H,4-20H2,1-3H3. The van der Waals surface area contributed by atoms with Crippen molar-refractivity contribution < 1.29 is 0 Å². The molecule has 0 aliphatic carbocycles. The van der Waals surface area contributed by atoms with Gasteiger partial charge in [0.2, 0.25) is 10.9 Å². The Morgan fingerprint density at radius 3 is 1.61 bits per heavy atom. The van der Waals surface area contributed by atoms with Crippen molar-refractivity contribution in [2.24, 2.45) is 0 Å². The molecule has 162 valence electrons. The van der Waals surface area contributed by atoms with Crippen LogP contribution >= 0.6 is 0 Å². The van der Waals surface area contributed by atoms with Gasteiger partial charge in [0.1, 0.15) is 0 Å². The smallest absolute Gasteiger partial charge is 0.249 e. The predicted octanol–water partition coefficient (Wildman–Crippen LogP) is 5.42. The van der Waals surface area contributed by atoms with Gasteiger partial charge in [-0.1, -0.05) is 78.1 Å². The van der Waals surface area contributed by atoms with Crippen molar-refractivity contribution in [2.75, 3.05) is 31.5 Å². The van der Waals surface area contributed by atoms with Crippen LogP contribution in [0.1, 0.15) is 103 Å². The summed E-state index contributed by atoms with van der Waals surface area (Å²) in [5, 5.41) is 3.17. The minimum Gasteiger partial charge on any atom is -0.381 e. The Balaban J connectivity index is 2.24. The monoisotopic (exact) mass is 392 g/mol. The van der Waals surface area contributed by atoms with Crippen LogP contribution in [0.25, 0.3) is 0 Å². The van der Waals surface area contributed by atoms with E-state index in [-0.39, 0.29) is 10.9 Å². The van der Waals surface area contributed by atoms with Gasteiger partial charge < -0.3 is 10.2 Å². The van der Waals surface area contributed by atoms with Crippen LogP contribution in [0.2, 0.25) is 0 Å². The van der Waals surface area contributed by atoms with Crippen LogP contribution < -0.4 is 16.2 Å². The van der Waals surface area contributed by atoms with Crippen LogP contribution in [0.15, 0.2) is 9.59 Å². The summed E-state index contributed by atoms with van der Waals surface area (Å²) in [4.78, 5) is 25.4. The fourth-order valence-corrected chi connectivity index (χ4v) is 3.80. The van der Waals surface area contributed by atoms with E-state index in [1.807, 2.05) is 0 Å². The van der Waals surface area contributed by atoms with E-state index in [2.05, 4.69) is 24.1 Å². The molecule has 0 saturated carbocycles. The molecule has 4 heteroatoms. The van der Waals surface area contributed by atoms with Crippen LogP contribution in [0.3, 0.4) is 0 Å². The summed E-state index contributed by atoms with van der Waals surface area (Å²) in [7, 11) is 0. The SMILES string of the molecule is CCCCCCCCN(CCCCCCCC)CCCNc1c(C)c(=O)c1=O. The summed E-state index contributed by atoms with van der Waals surface area (Å²) in [5.41, 5.74) is 0.480. The van der Waals surface area contributed by atoms with E-state index < -0.39 is 0 Å². The summed E-state index contributed by atoms with van der Waals surface area (Å²) in [5.74, 6) is 0. The van der Waals surface area contributed by atoms with Crippen LogP contribution in [-0.2, 0) is 0 Å². The molecule has 0 unspecified atom stereocenters. The Morgan fingerprint density at radius 2 is 1.11 bits per heavy atom. The first-order valence-electron chi connectivity index (χ1n) is 11.9. The normalized spacial score (nSPS) is 11.6. The number of nitrogens with one attached hydrogen (secondary N) is 1. The molecule has 0 radical (unpaired) electrons. The molecule has 1 aromatic carbocycles. The maximum Gasteiger partial charge on any atom is 0.249 e. The topological polar surface area (TPSA) is 49.4 Å². The van der Waals surface area contributed by atoms with E-state index in [0.717, 1.165) is 19.5 Å². The van der Waals surface area contributed by atoms with E-state index in [1.165, 1.54) is 90.1 Å². The number of rotatable bonds is 19. The van der Waals surface area contributed by atoms with Crippen LogP contribution in [0, 0.1) is 6.92 Å². The van der Waals surface area contributed by atoms with Crippen LogP contribution in [0.4, 0.5) is 5.69 Å². The van der Waals surface area contributed by atoms with Crippen molar-refractivity contribution >= 4 is 5.69 Å². The van der Waals surface area contributed by atoms with Crippen molar-refractivity contribution in [2.45, 2.75) is 104 Å². The highest BCUT2D eigenvalue weighted by molar-refractivity contribution is 5.55. The second-order valence-corrected chi connectivity index (χ2v) is 8.32. The second-order valence-electron chi connectivity index (χ2n) is 8.32. The summed E-state index contributed by atoms with van der Waals surface area (Å²) in [6.45, 7) is 10.5. The lowest BCUT2D eigenvalue weighted by Crippen LogP contribution is -2.37. The third-order valence-electron chi connectivity index (χ3n) is 5.76. The maximum absolute atomic E-state index is 11.5. The summed E-state index contributed by atoms with van der Waals surface area (Å²) < 4.78 is 0. The number of unbranched alkanes of at least 4 members (excludes halogenated alkanes) is 10. The van der Waals surface area contributed by atoms with Crippen LogP contribution in [0.5, 0.6) is 0 Å².